The summed E-state index contributed by atoms with van der Waals surface area (Å²) in [7, 11) is 2.00. The predicted molar refractivity (Wildman–Crippen MR) is 63.3 cm³/mol. The number of nitrogen functional groups attached to an aromatic ring is 1. The summed E-state index contributed by atoms with van der Waals surface area (Å²) in [6, 6.07) is 0. The summed E-state index contributed by atoms with van der Waals surface area (Å²) in [5, 5.41) is 0. The van der Waals surface area contributed by atoms with Gasteiger partial charge in [0.05, 0.1) is 18.5 Å². The Morgan fingerprint density at radius 2 is 2.31 bits per heavy atom. The molecule has 1 aliphatic heterocycles. The number of nitrogens with zero attached hydrogens (tertiary/aromatic N) is 3. The normalized spacial score (nSPS) is 20.7. The highest BCUT2D eigenvalue weighted by atomic mass is 16.5. The third-order valence-electron chi connectivity index (χ3n) is 2.80. The molecule has 5 heteroatoms. The van der Waals surface area contributed by atoms with Crippen LogP contribution in [0.15, 0.2) is 12.4 Å². The lowest BCUT2D eigenvalue weighted by molar-refractivity contribution is 0.0215. The molecular formula is C11H18N4O. The highest BCUT2D eigenvalue weighted by molar-refractivity contribution is 5.38. The summed E-state index contributed by atoms with van der Waals surface area (Å²) in [4.78, 5) is 10.3. The van der Waals surface area contributed by atoms with Crippen molar-refractivity contribution in [1.82, 2.24) is 9.97 Å². The second-order valence-electron chi connectivity index (χ2n) is 4.17. The molecule has 2 heterocycles. The van der Waals surface area contributed by atoms with E-state index in [1.807, 2.05) is 7.05 Å². The van der Waals surface area contributed by atoms with Crippen LogP contribution in [0.25, 0.3) is 0 Å². The van der Waals surface area contributed by atoms with Crippen LogP contribution in [-0.4, -0.2) is 36.3 Å². The van der Waals surface area contributed by atoms with Crippen molar-refractivity contribution in [3.05, 3.63) is 12.4 Å². The van der Waals surface area contributed by atoms with Crippen molar-refractivity contribution >= 4 is 11.6 Å². The molecule has 1 aliphatic rings. The van der Waals surface area contributed by atoms with Crippen molar-refractivity contribution < 1.29 is 4.74 Å². The summed E-state index contributed by atoms with van der Waals surface area (Å²) in [5.41, 5.74) is 5.49. The Morgan fingerprint density at radius 1 is 1.44 bits per heavy atom. The van der Waals surface area contributed by atoms with Crippen LogP contribution in [0.2, 0.25) is 0 Å². The van der Waals surface area contributed by atoms with E-state index < -0.39 is 0 Å². The average molecular weight is 222 g/mol. The summed E-state index contributed by atoms with van der Waals surface area (Å²) in [5.74, 6) is 1.29. The van der Waals surface area contributed by atoms with Crippen molar-refractivity contribution in [2.24, 2.45) is 0 Å². The van der Waals surface area contributed by atoms with E-state index in [1.165, 1.54) is 12.8 Å². The minimum absolute atomic E-state index is 0.318. The Morgan fingerprint density at radius 3 is 2.94 bits per heavy atom. The zero-order chi connectivity index (χ0) is 11.4. The van der Waals surface area contributed by atoms with Gasteiger partial charge >= 0.3 is 0 Å². The van der Waals surface area contributed by atoms with Crippen molar-refractivity contribution in [1.29, 1.82) is 0 Å². The zero-order valence-electron chi connectivity index (χ0n) is 9.59. The fourth-order valence-electron chi connectivity index (χ4n) is 1.88. The zero-order valence-corrected chi connectivity index (χ0v) is 9.59. The van der Waals surface area contributed by atoms with E-state index in [1.54, 1.807) is 12.4 Å². The van der Waals surface area contributed by atoms with Gasteiger partial charge in [-0.05, 0) is 19.3 Å². The van der Waals surface area contributed by atoms with E-state index in [2.05, 4.69) is 14.9 Å². The second kappa shape index (κ2) is 5.12. The fourth-order valence-corrected chi connectivity index (χ4v) is 1.88. The number of rotatable bonds is 3. The van der Waals surface area contributed by atoms with Gasteiger partial charge in [-0.25, -0.2) is 9.97 Å². The molecular weight excluding hydrogens is 204 g/mol. The third kappa shape index (κ3) is 2.82. The van der Waals surface area contributed by atoms with Crippen LogP contribution in [-0.2, 0) is 4.74 Å². The average Bonchev–Trinajstić information content (AvgIpc) is 2.31. The molecule has 88 valence electrons. The molecule has 0 aliphatic carbocycles. The van der Waals surface area contributed by atoms with Gasteiger partial charge < -0.3 is 15.4 Å². The quantitative estimate of drug-likeness (QED) is 0.828. The molecule has 0 spiro atoms. The SMILES string of the molecule is CN(CC1CCCCO1)c1cnc(N)cn1. The molecule has 1 atom stereocenters. The number of ether oxygens (including phenoxy) is 1. The van der Waals surface area contributed by atoms with Gasteiger partial charge in [0.25, 0.3) is 0 Å². The van der Waals surface area contributed by atoms with Gasteiger partial charge in [-0.3, -0.25) is 0 Å². The molecule has 0 bridgehead atoms. The summed E-state index contributed by atoms with van der Waals surface area (Å²) in [6.45, 7) is 1.74. The fraction of sp³-hybridized carbons (Fsp3) is 0.636. The van der Waals surface area contributed by atoms with Crippen molar-refractivity contribution in [2.45, 2.75) is 25.4 Å². The lowest BCUT2D eigenvalue weighted by atomic mass is 10.1. The van der Waals surface area contributed by atoms with E-state index >= 15 is 0 Å². The molecule has 5 nitrogen and oxygen atoms in total. The number of anilines is 2. The Labute approximate surface area is 95.6 Å². The first-order valence-corrected chi connectivity index (χ1v) is 5.66. The van der Waals surface area contributed by atoms with Crippen molar-refractivity contribution in [3.8, 4) is 0 Å². The Balaban J connectivity index is 1.91. The van der Waals surface area contributed by atoms with Crippen LogP contribution in [0.5, 0.6) is 0 Å². The maximum atomic E-state index is 5.68. The topological polar surface area (TPSA) is 64.3 Å². The molecule has 1 saturated heterocycles. The first-order valence-electron chi connectivity index (χ1n) is 5.66. The van der Waals surface area contributed by atoms with E-state index in [0.717, 1.165) is 25.4 Å². The molecule has 2 rings (SSSR count). The number of hydrogen-bond donors (Lipinski definition) is 1. The Kier molecular flexibility index (Phi) is 3.56. The van der Waals surface area contributed by atoms with Gasteiger partial charge in [-0.15, -0.1) is 0 Å². The molecule has 1 aromatic rings. The lowest BCUT2D eigenvalue weighted by Gasteiger charge is -2.27. The maximum Gasteiger partial charge on any atom is 0.147 e. The number of nitrogens with two attached hydrogens (primary N) is 1. The minimum Gasteiger partial charge on any atom is -0.382 e. The smallest absolute Gasteiger partial charge is 0.147 e. The number of aromatic nitrogens is 2. The minimum atomic E-state index is 0.318. The van der Waals surface area contributed by atoms with Crippen LogP contribution in [0.1, 0.15) is 19.3 Å². The molecule has 1 fully saturated rings. The number of likely N-dealkylation sites (N-methyl/N-ethyl adjacent to an activating group) is 1. The number of hydrogen-bond acceptors (Lipinski definition) is 5. The highest BCUT2D eigenvalue weighted by Gasteiger charge is 2.16. The standard InChI is InChI=1S/C11H18N4O/c1-15(8-9-4-2-3-5-16-9)11-7-13-10(12)6-14-11/h6-7,9H,2-5,8H2,1H3,(H2,12,13). The predicted octanol–water partition coefficient (Wildman–Crippen LogP) is 1.06. The van der Waals surface area contributed by atoms with E-state index in [0.29, 0.717) is 11.9 Å². The van der Waals surface area contributed by atoms with Crippen molar-refractivity contribution in [3.63, 3.8) is 0 Å². The largest absolute Gasteiger partial charge is 0.382 e. The van der Waals surface area contributed by atoms with Crippen molar-refractivity contribution in [2.75, 3.05) is 30.8 Å². The molecule has 0 saturated carbocycles. The molecule has 0 radical (unpaired) electrons. The van der Waals surface area contributed by atoms with Crippen LogP contribution < -0.4 is 10.6 Å². The highest BCUT2D eigenvalue weighted by Crippen LogP contribution is 2.16. The molecule has 0 amide bonds. The Bertz CT molecular complexity index is 321. The van der Waals surface area contributed by atoms with E-state index in [-0.39, 0.29) is 0 Å². The maximum absolute atomic E-state index is 5.68. The first kappa shape index (κ1) is 11.1. The Hall–Kier alpha value is -1.36. The monoisotopic (exact) mass is 222 g/mol. The molecule has 16 heavy (non-hydrogen) atoms. The molecule has 2 N–H and O–H groups in total. The lowest BCUT2D eigenvalue weighted by Crippen LogP contribution is -2.33. The summed E-state index contributed by atoms with van der Waals surface area (Å²) >= 11 is 0. The van der Waals surface area contributed by atoms with Gasteiger partial charge in [-0.2, -0.15) is 0 Å². The second-order valence-corrected chi connectivity index (χ2v) is 4.17. The summed E-state index contributed by atoms with van der Waals surface area (Å²) in [6.07, 6.45) is 7.16. The molecule has 1 aromatic heterocycles. The van der Waals surface area contributed by atoms with Crippen LogP contribution in [0, 0.1) is 0 Å². The van der Waals surface area contributed by atoms with E-state index in [4.69, 9.17) is 10.5 Å². The van der Waals surface area contributed by atoms with Crippen LogP contribution >= 0.6 is 0 Å². The van der Waals surface area contributed by atoms with Gasteiger partial charge in [-0.1, -0.05) is 0 Å². The van der Waals surface area contributed by atoms with Gasteiger partial charge in [0.15, 0.2) is 0 Å². The van der Waals surface area contributed by atoms with E-state index in [9.17, 15) is 0 Å². The van der Waals surface area contributed by atoms with Gasteiger partial charge in [0.2, 0.25) is 0 Å². The summed E-state index contributed by atoms with van der Waals surface area (Å²) < 4.78 is 5.68. The molecule has 1 unspecified atom stereocenters. The first-order chi connectivity index (χ1) is 7.75. The van der Waals surface area contributed by atoms with Crippen LogP contribution in [0.3, 0.4) is 0 Å². The third-order valence-corrected chi connectivity index (χ3v) is 2.80. The van der Waals surface area contributed by atoms with Crippen LogP contribution in [0.4, 0.5) is 11.6 Å². The molecule has 0 aromatic carbocycles. The van der Waals surface area contributed by atoms with Gasteiger partial charge in [0, 0.05) is 20.2 Å². The van der Waals surface area contributed by atoms with Gasteiger partial charge in [0.1, 0.15) is 11.6 Å².